The summed E-state index contributed by atoms with van der Waals surface area (Å²) in [6.45, 7) is 8.57. The average Bonchev–Trinajstić information content (AvgIpc) is 3.14. The van der Waals surface area contributed by atoms with Crippen molar-refractivity contribution in [1.82, 2.24) is 0 Å². The second-order valence-electron chi connectivity index (χ2n) is 6.43. The molecular formula is C17H21NO2. The van der Waals surface area contributed by atoms with Crippen molar-refractivity contribution >= 4 is 5.97 Å². The minimum Gasteiger partial charge on any atom is -0.465 e. The fourth-order valence-corrected chi connectivity index (χ4v) is 2.54. The predicted molar refractivity (Wildman–Crippen MR) is 77.2 cm³/mol. The summed E-state index contributed by atoms with van der Waals surface area (Å²) >= 11 is 0. The molecule has 1 aliphatic carbocycles. The molecule has 0 amide bonds. The van der Waals surface area contributed by atoms with E-state index in [-0.39, 0.29) is 17.3 Å². The number of benzene rings is 1. The number of carbonyl (C=O) groups excluding carboxylic acids is 1. The summed E-state index contributed by atoms with van der Waals surface area (Å²) in [4.78, 5) is 11.9. The summed E-state index contributed by atoms with van der Waals surface area (Å²) in [5, 5.41) is 9.32. The van der Waals surface area contributed by atoms with Gasteiger partial charge in [0.15, 0.2) is 5.41 Å². The van der Waals surface area contributed by atoms with E-state index in [9.17, 15) is 10.1 Å². The zero-order valence-corrected chi connectivity index (χ0v) is 12.6. The molecule has 2 rings (SSSR count). The van der Waals surface area contributed by atoms with E-state index in [1.54, 1.807) is 6.92 Å². The third-order valence-corrected chi connectivity index (χ3v) is 3.98. The molecule has 1 aromatic carbocycles. The van der Waals surface area contributed by atoms with Gasteiger partial charge in [0.05, 0.1) is 12.7 Å². The minimum absolute atomic E-state index is 0.0273. The second kappa shape index (κ2) is 4.94. The summed E-state index contributed by atoms with van der Waals surface area (Å²) in [6.07, 6.45) is 0.567. The summed E-state index contributed by atoms with van der Waals surface area (Å²) in [5.74, 6) is -0.409. The number of hydrogen-bond donors (Lipinski definition) is 0. The lowest BCUT2D eigenvalue weighted by Crippen LogP contribution is -2.19. The molecule has 0 N–H and O–H groups in total. The highest BCUT2D eigenvalue weighted by molar-refractivity contribution is 5.85. The Morgan fingerprint density at radius 2 is 2.00 bits per heavy atom. The first-order valence-electron chi connectivity index (χ1n) is 7.04. The van der Waals surface area contributed by atoms with Crippen LogP contribution in [0.2, 0.25) is 0 Å². The standard InChI is InChI=1S/C17H21NO2/c1-5-20-15(19)17(11-18)10-14(17)12-6-8-13(9-7-12)16(2,3)4/h6-9,14H,5,10H2,1-4H3/t14-,17-/m0/s1. The van der Waals surface area contributed by atoms with E-state index < -0.39 is 5.41 Å². The number of nitrogens with zero attached hydrogens (tertiary/aromatic N) is 1. The Bertz CT molecular complexity index is 548. The van der Waals surface area contributed by atoms with Crippen LogP contribution in [0.4, 0.5) is 0 Å². The van der Waals surface area contributed by atoms with Crippen LogP contribution < -0.4 is 0 Å². The summed E-state index contributed by atoms with van der Waals surface area (Å²) in [5.41, 5.74) is 1.45. The van der Waals surface area contributed by atoms with Crippen molar-refractivity contribution in [3.05, 3.63) is 35.4 Å². The first-order chi connectivity index (χ1) is 9.35. The largest absolute Gasteiger partial charge is 0.465 e. The van der Waals surface area contributed by atoms with Crippen molar-refractivity contribution in [2.75, 3.05) is 6.61 Å². The number of esters is 1. The Kier molecular flexibility index (Phi) is 3.60. The normalized spacial score (nSPS) is 24.9. The van der Waals surface area contributed by atoms with Crippen molar-refractivity contribution in [3.8, 4) is 6.07 Å². The van der Waals surface area contributed by atoms with E-state index in [0.29, 0.717) is 13.0 Å². The Morgan fingerprint density at radius 1 is 1.40 bits per heavy atom. The molecule has 1 aliphatic rings. The average molecular weight is 271 g/mol. The van der Waals surface area contributed by atoms with Gasteiger partial charge in [0, 0.05) is 5.92 Å². The monoisotopic (exact) mass is 271 g/mol. The minimum atomic E-state index is -0.959. The van der Waals surface area contributed by atoms with Gasteiger partial charge in [0.1, 0.15) is 0 Å². The molecule has 3 nitrogen and oxygen atoms in total. The van der Waals surface area contributed by atoms with Gasteiger partial charge in [0.25, 0.3) is 0 Å². The topological polar surface area (TPSA) is 50.1 Å². The third kappa shape index (κ3) is 2.43. The lowest BCUT2D eigenvalue weighted by atomic mass is 9.86. The van der Waals surface area contributed by atoms with E-state index in [1.165, 1.54) is 5.56 Å². The maximum atomic E-state index is 11.9. The van der Waals surface area contributed by atoms with Gasteiger partial charge in [-0.15, -0.1) is 0 Å². The van der Waals surface area contributed by atoms with Crippen LogP contribution in [0.1, 0.15) is 51.2 Å². The molecule has 0 heterocycles. The Labute approximate surface area is 120 Å². The first kappa shape index (κ1) is 14.6. The maximum absolute atomic E-state index is 11.9. The highest BCUT2D eigenvalue weighted by atomic mass is 16.5. The molecule has 0 unspecified atom stereocenters. The number of carbonyl (C=O) groups is 1. The molecule has 2 atom stereocenters. The quantitative estimate of drug-likeness (QED) is 0.790. The van der Waals surface area contributed by atoms with Crippen LogP contribution in [0.15, 0.2) is 24.3 Å². The van der Waals surface area contributed by atoms with Crippen LogP contribution in [0.3, 0.4) is 0 Å². The van der Waals surface area contributed by atoms with Crippen molar-refractivity contribution in [1.29, 1.82) is 5.26 Å². The molecule has 1 fully saturated rings. The zero-order chi connectivity index (χ0) is 15.0. The molecule has 0 radical (unpaired) electrons. The highest BCUT2D eigenvalue weighted by Gasteiger charge is 2.62. The summed E-state index contributed by atoms with van der Waals surface area (Å²) in [7, 11) is 0. The van der Waals surface area contributed by atoms with Crippen LogP contribution in [0.25, 0.3) is 0 Å². The smallest absolute Gasteiger partial charge is 0.327 e. The van der Waals surface area contributed by atoms with Crippen LogP contribution in [-0.2, 0) is 14.9 Å². The fourth-order valence-electron chi connectivity index (χ4n) is 2.54. The maximum Gasteiger partial charge on any atom is 0.327 e. The van der Waals surface area contributed by atoms with Crippen molar-refractivity contribution in [3.63, 3.8) is 0 Å². The number of nitriles is 1. The van der Waals surface area contributed by atoms with Crippen LogP contribution in [0.5, 0.6) is 0 Å². The lowest BCUT2D eigenvalue weighted by molar-refractivity contribution is -0.147. The molecule has 3 heteroatoms. The van der Waals surface area contributed by atoms with Crippen LogP contribution in [-0.4, -0.2) is 12.6 Å². The van der Waals surface area contributed by atoms with Gasteiger partial charge >= 0.3 is 5.97 Å². The van der Waals surface area contributed by atoms with Gasteiger partial charge in [-0.25, -0.2) is 0 Å². The zero-order valence-electron chi connectivity index (χ0n) is 12.6. The van der Waals surface area contributed by atoms with Gasteiger partial charge in [-0.1, -0.05) is 45.0 Å². The molecule has 1 aromatic rings. The van der Waals surface area contributed by atoms with Crippen molar-refractivity contribution < 1.29 is 9.53 Å². The van der Waals surface area contributed by atoms with Gasteiger partial charge < -0.3 is 4.74 Å². The van der Waals surface area contributed by atoms with Crippen LogP contribution in [0, 0.1) is 16.7 Å². The molecule has 1 saturated carbocycles. The third-order valence-electron chi connectivity index (χ3n) is 3.98. The first-order valence-corrected chi connectivity index (χ1v) is 7.04. The number of hydrogen-bond acceptors (Lipinski definition) is 3. The molecule has 20 heavy (non-hydrogen) atoms. The molecule has 0 aliphatic heterocycles. The van der Waals surface area contributed by atoms with Gasteiger partial charge in [-0.3, -0.25) is 4.79 Å². The Hall–Kier alpha value is -1.82. The SMILES string of the molecule is CCOC(=O)[C@]1(C#N)C[C@H]1c1ccc(C(C)(C)C)cc1. The van der Waals surface area contributed by atoms with Crippen molar-refractivity contribution in [2.45, 2.75) is 45.4 Å². The molecule has 0 spiro atoms. The highest BCUT2D eigenvalue weighted by Crippen LogP contribution is 2.59. The molecule has 0 bridgehead atoms. The Morgan fingerprint density at radius 3 is 2.45 bits per heavy atom. The van der Waals surface area contributed by atoms with E-state index in [4.69, 9.17) is 4.74 Å². The second-order valence-corrected chi connectivity index (χ2v) is 6.43. The molecule has 0 aromatic heterocycles. The summed E-state index contributed by atoms with van der Waals surface area (Å²) < 4.78 is 5.03. The fraction of sp³-hybridized carbons (Fsp3) is 0.529. The van der Waals surface area contributed by atoms with E-state index in [0.717, 1.165) is 5.56 Å². The van der Waals surface area contributed by atoms with E-state index >= 15 is 0 Å². The molecule has 106 valence electrons. The van der Waals surface area contributed by atoms with Crippen molar-refractivity contribution in [2.24, 2.45) is 5.41 Å². The number of ether oxygens (including phenoxy) is 1. The van der Waals surface area contributed by atoms with Gasteiger partial charge in [-0.2, -0.15) is 5.26 Å². The lowest BCUT2D eigenvalue weighted by Gasteiger charge is -2.19. The summed E-state index contributed by atoms with van der Waals surface area (Å²) in [6, 6.07) is 10.4. The molecular weight excluding hydrogens is 250 g/mol. The Balaban J connectivity index is 2.19. The van der Waals surface area contributed by atoms with Crippen LogP contribution >= 0.6 is 0 Å². The van der Waals surface area contributed by atoms with E-state index in [2.05, 4.69) is 39.0 Å². The molecule has 0 saturated heterocycles. The van der Waals surface area contributed by atoms with E-state index in [1.807, 2.05) is 12.1 Å². The van der Waals surface area contributed by atoms with Gasteiger partial charge in [-0.05, 0) is 29.9 Å². The number of rotatable bonds is 3. The van der Waals surface area contributed by atoms with Gasteiger partial charge in [0.2, 0.25) is 0 Å². The predicted octanol–water partition coefficient (Wildman–Crippen LogP) is 3.54.